The second-order valence-electron chi connectivity index (χ2n) is 8.47. The molecular weight excluding hydrogens is 496 g/mol. The van der Waals surface area contributed by atoms with Gasteiger partial charge in [-0.15, -0.1) is 0 Å². The average molecular weight is 523 g/mol. The van der Waals surface area contributed by atoms with Gasteiger partial charge >= 0.3 is 5.97 Å². The van der Waals surface area contributed by atoms with Crippen molar-refractivity contribution in [3.63, 3.8) is 0 Å². The van der Waals surface area contributed by atoms with Crippen LogP contribution in [0.15, 0.2) is 51.4 Å². The topological polar surface area (TPSA) is 97.6 Å². The number of hydrogen-bond donors (Lipinski definition) is 0. The Balaban J connectivity index is 1.74. The van der Waals surface area contributed by atoms with E-state index < -0.39 is 12.0 Å². The normalized spacial score (nSPS) is 16.4. The maximum atomic E-state index is 13.9. The largest absolute Gasteiger partial charge is 0.497 e. The lowest BCUT2D eigenvalue weighted by Crippen LogP contribution is -2.40. The average Bonchev–Trinajstić information content (AvgIpc) is 3.46. The molecule has 37 heavy (non-hydrogen) atoms. The summed E-state index contributed by atoms with van der Waals surface area (Å²) in [6, 6.07) is 8.23. The zero-order chi connectivity index (χ0) is 26.3. The number of methoxy groups -OCH3 is 2. The minimum atomic E-state index is -0.795. The van der Waals surface area contributed by atoms with E-state index in [-0.39, 0.29) is 24.5 Å². The number of thiazole rings is 1. The molecule has 9 nitrogen and oxygen atoms in total. The van der Waals surface area contributed by atoms with Gasteiger partial charge in [0.1, 0.15) is 17.5 Å². The van der Waals surface area contributed by atoms with E-state index in [0.717, 1.165) is 11.1 Å². The fourth-order valence-corrected chi connectivity index (χ4v) is 5.52. The molecular formula is C27H26N2O7S. The molecule has 0 spiro atoms. The van der Waals surface area contributed by atoms with E-state index in [4.69, 9.17) is 23.7 Å². The van der Waals surface area contributed by atoms with E-state index >= 15 is 0 Å². The van der Waals surface area contributed by atoms with Crippen molar-refractivity contribution < 1.29 is 28.5 Å². The highest BCUT2D eigenvalue weighted by molar-refractivity contribution is 7.07. The SMILES string of the molecule is CCOC(=O)C1=C(C)N=c2sc(=Cc3cc4c(cc3C)OCO4)c(=O)n2[C@H]1c1ccc(OC)cc1OC. The molecule has 10 heteroatoms. The summed E-state index contributed by atoms with van der Waals surface area (Å²) in [6.07, 6.45) is 1.81. The van der Waals surface area contributed by atoms with Gasteiger partial charge in [0.2, 0.25) is 6.79 Å². The van der Waals surface area contributed by atoms with Gasteiger partial charge in [-0.1, -0.05) is 11.3 Å². The number of allylic oxidation sites excluding steroid dienone is 1. The Labute approximate surface area is 216 Å². The van der Waals surface area contributed by atoms with Crippen LogP contribution in [0.3, 0.4) is 0 Å². The van der Waals surface area contributed by atoms with Crippen LogP contribution in [-0.2, 0) is 9.53 Å². The summed E-state index contributed by atoms with van der Waals surface area (Å²) in [7, 11) is 3.09. The van der Waals surface area contributed by atoms with Crippen molar-refractivity contribution in [2.24, 2.45) is 4.99 Å². The van der Waals surface area contributed by atoms with Gasteiger partial charge in [0, 0.05) is 11.6 Å². The molecule has 2 aliphatic heterocycles. The predicted molar refractivity (Wildman–Crippen MR) is 137 cm³/mol. The van der Waals surface area contributed by atoms with Gasteiger partial charge in [0.25, 0.3) is 5.56 Å². The Kier molecular flexibility index (Phi) is 6.51. The number of carbonyl (C=O) groups excluding carboxylic acids is 1. The van der Waals surface area contributed by atoms with Crippen LogP contribution < -0.4 is 33.8 Å². The lowest BCUT2D eigenvalue weighted by molar-refractivity contribution is -0.139. The van der Waals surface area contributed by atoms with E-state index in [1.54, 1.807) is 39.2 Å². The molecule has 3 heterocycles. The first-order chi connectivity index (χ1) is 17.9. The number of fused-ring (bicyclic) bond motifs is 2. The summed E-state index contributed by atoms with van der Waals surface area (Å²) in [5.41, 5.74) is 2.86. The Morgan fingerprint density at radius 1 is 1.16 bits per heavy atom. The van der Waals surface area contributed by atoms with Gasteiger partial charge < -0.3 is 23.7 Å². The van der Waals surface area contributed by atoms with E-state index in [9.17, 15) is 9.59 Å². The van der Waals surface area contributed by atoms with Gasteiger partial charge in [-0.3, -0.25) is 9.36 Å². The van der Waals surface area contributed by atoms with Crippen LogP contribution >= 0.6 is 11.3 Å². The first-order valence-electron chi connectivity index (χ1n) is 11.7. The van der Waals surface area contributed by atoms with Crippen molar-refractivity contribution in [1.29, 1.82) is 0 Å². The monoisotopic (exact) mass is 522 g/mol. The molecule has 0 amide bonds. The number of carbonyl (C=O) groups is 1. The van der Waals surface area contributed by atoms with Crippen molar-refractivity contribution >= 4 is 23.4 Å². The zero-order valence-corrected chi connectivity index (χ0v) is 21.9. The second kappa shape index (κ2) is 9.78. The van der Waals surface area contributed by atoms with Crippen LogP contribution in [0.5, 0.6) is 23.0 Å². The van der Waals surface area contributed by atoms with E-state index in [2.05, 4.69) is 4.99 Å². The molecule has 0 aliphatic carbocycles. The molecule has 0 radical (unpaired) electrons. The summed E-state index contributed by atoms with van der Waals surface area (Å²) in [5, 5.41) is 0. The van der Waals surface area contributed by atoms with Gasteiger partial charge in [0.05, 0.1) is 36.6 Å². The number of ether oxygens (including phenoxy) is 5. The number of benzene rings is 2. The molecule has 5 rings (SSSR count). The highest BCUT2D eigenvalue weighted by atomic mass is 32.1. The summed E-state index contributed by atoms with van der Waals surface area (Å²) in [4.78, 5) is 32.1. The third-order valence-corrected chi connectivity index (χ3v) is 7.28. The lowest BCUT2D eigenvalue weighted by Gasteiger charge is -2.26. The number of aryl methyl sites for hydroxylation is 1. The minimum Gasteiger partial charge on any atom is -0.497 e. The molecule has 2 aromatic carbocycles. The van der Waals surface area contributed by atoms with Gasteiger partial charge in [0.15, 0.2) is 16.3 Å². The second-order valence-corrected chi connectivity index (χ2v) is 9.48. The standard InChI is InChI=1S/C27H26N2O7S/c1-6-34-26(31)23-15(3)28-27-29(24(23)18-8-7-17(32-4)12-19(18)33-5)25(30)22(37-27)11-16-10-21-20(9-14(16)2)35-13-36-21/h7-12,24H,6,13H2,1-5H3/t24-/m0/s1. The van der Waals surface area contributed by atoms with Crippen LogP contribution in [-0.4, -0.2) is 38.2 Å². The molecule has 0 saturated carbocycles. The maximum absolute atomic E-state index is 13.9. The smallest absolute Gasteiger partial charge is 0.338 e. The van der Waals surface area contributed by atoms with Gasteiger partial charge in [-0.25, -0.2) is 9.79 Å². The summed E-state index contributed by atoms with van der Waals surface area (Å²) < 4.78 is 29.3. The lowest BCUT2D eigenvalue weighted by atomic mass is 9.95. The van der Waals surface area contributed by atoms with E-state index in [0.29, 0.717) is 43.6 Å². The number of rotatable bonds is 6. The number of nitrogens with zero attached hydrogens (tertiary/aromatic N) is 2. The third-order valence-electron chi connectivity index (χ3n) is 6.30. The van der Waals surface area contributed by atoms with E-state index in [1.165, 1.54) is 23.0 Å². The fraction of sp³-hybridized carbons (Fsp3) is 0.296. The fourth-order valence-electron chi connectivity index (χ4n) is 4.49. The number of aromatic nitrogens is 1. The van der Waals surface area contributed by atoms with Crippen LogP contribution in [0.2, 0.25) is 0 Å². The molecule has 192 valence electrons. The summed E-state index contributed by atoms with van der Waals surface area (Å²) >= 11 is 1.25. The quantitative estimate of drug-likeness (QED) is 0.459. The Morgan fingerprint density at radius 2 is 1.92 bits per heavy atom. The van der Waals surface area contributed by atoms with Crippen molar-refractivity contribution in [2.45, 2.75) is 26.8 Å². The Hall–Kier alpha value is -4.05. The molecule has 3 aromatic rings. The summed E-state index contributed by atoms with van der Waals surface area (Å²) in [6.45, 7) is 5.78. The van der Waals surface area contributed by atoms with Crippen LogP contribution in [0, 0.1) is 6.92 Å². The zero-order valence-electron chi connectivity index (χ0n) is 21.1. The highest BCUT2D eigenvalue weighted by Crippen LogP contribution is 2.38. The molecule has 1 aromatic heterocycles. The van der Waals surface area contributed by atoms with Crippen molar-refractivity contribution in [3.8, 4) is 23.0 Å². The van der Waals surface area contributed by atoms with Crippen LogP contribution in [0.25, 0.3) is 6.08 Å². The third kappa shape index (κ3) is 4.27. The number of hydrogen-bond acceptors (Lipinski definition) is 9. The minimum absolute atomic E-state index is 0.167. The molecule has 2 aliphatic rings. The molecule has 0 fully saturated rings. The first kappa shape index (κ1) is 24.6. The molecule has 0 bridgehead atoms. The molecule has 0 unspecified atom stereocenters. The Bertz CT molecular complexity index is 1620. The molecule has 1 atom stereocenters. The van der Waals surface area contributed by atoms with E-state index in [1.807, 2.05) is 25.1 Å². The molecule has 0 N–H and O–H groups in total. The highest BCUT2D eigenvalue weighted by Gasteiger charge is 2.35. The summed E-state index contributed by atoms with van der Waals surface area (Å²) in [5.74, 6) is 1.84. The maximum Gasteiger partial charge on any atom is 0.338 e. The number of esters is 1. The Morgan fingerprint density at radius 3 is 2.62 bits per heavy atom. The van der Waals surface area contributed by atoms with Gasteiger partial charge in [-0.05, 0) is 62.2 Å². The van der Waals surface area contributed by atoms with Crippen LogP contribution in [0.1, 0.15) is 36.6 Å². The van der Waals surface area contributed by atoms with Crippen molar-refractivity contribution in [1.82, 2.24) is 4.57 Å². The van der Waals surface area contributed by atoms with Crippen molar-refractivity contribution in [3.05, 3.63) is 78.0 Å². The first-order valence-corrected chi connectivity index (χ1v) is 12.5. The van der Waals surface area contributed by atoms with Gasteiger partial charge in [-0.2, -0.15) is 0 Å². The molecule has 0 saturated heterocycles. The van der Waals surface area contributed by atoms with Crippen molar-refractivity contribution in [2.75, 3.05) is 27.6 Å². The predicted octanol–water partition coefficient (Wildman–Crippen LogP) is 2.85. The van der Waals surface area contributed by atoms with Crippen LogP contribution in [0.4, 0.5) is 0 Å².